The number of aliphatic hydroxyl groups is 4. The molecule has 2 saturated heterocycles. The van der Waals surface area contributed by atoms with Crippen molar-refractivity contribution in [2.45, 2.75) is 60.0 Å². The Morgan fingerprint density at radius 1 is 0.750 bits per heavy atom. The third-order valence-electron chi connectivity index (χ3n) is 6.17. The van der Waals surface area contributed by atoms with Gasteiger partial charge in [-0.15, -0.1) is 0 Å². The molecule has 14 nitrogen and oxygen atoms in total. The fourth-order valence-corrected chi connectivity index (χ4v) is 5.82. The Kier molecular flexibility index (Phi) is 6.51. The second-order valence-electron chi connectivity index (χ2n) is 8.42. The fourth-order valence-electron chi connectivity index (χ4n) is 4.30. The summed E-state index contributed by atoms with van der Waals surface area (Å²) in [6.07, 6.45) is 3.21. The molecule has 0 radical (unpaired) electrons. The largest absolute Gasteiger partial charge is 0.394 e. The highest BCUT2D eigenvalue weighted by molar-refractivity contribution is 8.76. The number of ether oxygens (including phenoxy) is 2. The zero-order valence-corrected chi connectivity index (χ0v) is 20.2. The third kappa shape index (κ3) is 4.32. The lowest BCUT2D eigenvalue weighted by Gasteiger charge is -2.13. The number of rotatable bonds is 7. The van der Waals surface area contributed by atoms with Crippen molar-refractivity contribution in [2.24, 2.45) is 0 Å². The molecule has 6 atom stereocenters. The van der Waals surface area contributed by atoms with Gasteiger partial charge < -0.3 is 29.9 Å². The minimum Gasteiger partial charge on any atom is -0.394 e. The van der Waals surface area contributed by atoms with E-state index < -0.39 is 36.9 Å². The Bertz CT molecular complexity index is 1280. The molecule has 2 aliphatic heterocycles. The summed E-state index contributed by atoms with van der Waals surface area (Å²) in [5, 5.41) is 39.8. The minimum atomic E-state index is -0.767. The van der Waals surface area contributed by atoms with E-state index in [-0.39, 0.29) is 13.2 Å². The first kappa shape index (κ1) is 23.9. The molecule has 4 N–H and O–H groups in total. The topological polar surface area (TPSA) is 187 Å². The molecule has 6 rings (SSSR count). The molecule has 0 amide bonds. The molecule has 36 heavy (non-hydrogen) atoms. The highest BCUT2D eigenvalue weighted by atomic mass is 33.1. The average Bonchev–Trinajstić information content (AvgIpc) is 3.66. The zero-order chi connectivity index (χ0) is 24.8. The standard InChI is InChI=1S/C20H22N8O6S2/c29-5-13-11(31)1-15(33-13)27-7-23-9-3-21-19(25-17(9)27)35-36-20-22-4-10-18(26-20)28(8-24-10)16-2-12(32)14(6-30)34-16/h3-4,7-8,11-16,29-32H,1-2,5-6H2/t11-,12-,13+,14+,15+,16+/m0/s1. The van der Waals surface area contributed by atoms with Gasteiger partial charge in [0.15, 0.2) is 11.3 Å². The van der Waals surface area contributed by atoms with E-state index in [1.54, 1.807) is 34.2 Å². The van der Waals surface area contributed by atoms with Gasteiger partial charge in [0.2, 0.25) is 10.3 Å². The maximum atomic E-state index is 10.1. The average molecular weight is 535 g/mol. The smallest absolute Gasteiger partial charge is 0.200 e. The molecule has 2 aliphatic rings. The number of hydrogen-bond donors (Lipinski definition) is 4. The molecular weight excluding hydrogens is 512 g/mol. The van der Waals surface area contributed by atoms with Gasteiger partial charge in [0.25, 0.3) is 0 Å². The number of hydrogen-bond acceptors (Lipinski definition) is 14. The summed E-state index contributed by atoms with van der Waals surface area (Å²) in [6.45, 7) is -0.536. The van der Waals surface area contributed by atoms with Crippen LogP contribution in [0.25, 0.3) is 22.3 Å². The minimum absolute atomic E-state index is 0.268. The van der Waals surface area contributed by atoms with Crippen LogP contribution < -0.4 is 0 Å². The van der Waals surface area contributed by atoms with Gasteiger partial charge in [-0.05, 0) is 21.6 Å². The van der Waals surface area contributed by atoms with E-state index >= 15 is 0 Å². The van der Waals surface area contributed by atoms with Gasteiger partial charge in [-0.1, -0.05) is 0 Å². The van der Waals surface area contributed by atoms with Crippen LogP contribution >= 0.6 is 21.6 Å². The highest BCUT2D eigenvalue weighted by Crippen LogP contribution is 2.36. The van der Waals surface area contributed by atoms with Crippen LogP contribution in [-0.2, 0) is 9.47 Å². The Morgan fingerprint density at radius 3 is 1.58 bits per heavy atom. The molecule has 190 valence electrons. The van der Waals surface area contributed by atoms with Crippen molar-refractivity contribution in [3.63, 3.8) is 0 Å². The first-order valence-corrected chi connectivity index (χ1v) is 13.3. The van der Waals surface area contributed by atoms with Crippen LogP contribution in [0, 0.1) is 0 Å². The lowest BCUT2D eigenvalue weighted by atomic mass is 10.2. The Morgan fingerprint density at radius 2 is 1.19 bits per heavy atom. The molecule has 4 aromatic rings. The molecule has 0 aliphatic carbocycles. The van der Waals surface area contributed by atoms with Crippen molar-refractivity contribution in [1.82, 2.24) is 39.0 Å². The molecule has 0 aromatic carbocycles. The van der Waals surface area contributed by atoms with Crippen molar-refractivity contribution in [1.29, 1.82) is 0 Å². The van der Waals surface area contributed by atoms with Crippen LogP contribution in [0.3, 0.4) is 0 Å². The van der Waals surface area contributed by atoms with Crippen LogP contribution in [-0.4, -0.2) is 97.1 Å². The first-order valence-electron chi connectivity index (χ1n) is 11.2. The summed E-state index contributed by atoms with van der Waals surface area (Å²) in [7, 11) is 2.53. The number of aromatic nitrogens is 8. The summed E-state index contributed by atoms with van der Waals surface area (Å²) in [6, 6.07) is 0. The number of fused-ring (bicyclic) bond motifs is 2. The van der Waals surface area contributed by atoms with E-state index in [1.807, 2.05) is 0 Å². The molecule has 4 aromatic heterocycles. The van der Waals surface area contributed by atoms with Crippen molar-refractivity contribution in [2.75, 3.05) is 13.2 Å². The summed E-state index contributed by atoms with van der Waals surface area (Å²) >= 11 is 0. The molecule has 16 heteroatoms. The number of nitrogens with zero attached hydrogens (tertiary/aromatic N) is 8. The van der Waals surface area contributed by atoms with Crippen LogP contribution in [0.4, 0.5) is 0 Å². The van der Waals surface area contributed by atoms with Gasteiger partial charge in [0.05, 0.1) is 50.5 Å². The molecule has 0 saturated carbocycles. The van der Waals surface area contributed by atoms with Gasteiger partial charge in [-0.25, -0.2) is 29.9 Å². The van der Waals surface area contributed by atoms with E-state index in [4.69, 9.17) is 9.47 Å². The number of imidazole rings is 2. The quantitative estimate of drug-likeness (QED) is 0.184. The second-order valence-corrected chi connectivity index (χ2v) is 10.5. The van der Waals surface area contributed by atoms with E-state index in [0.29, 0.717) is 45.5 Å². The summed E-state index contributed by atoms with van der Waals surface area (Å²) in [5.41, 5.74) is 2.26. The molecule has 0 bridgehead atoms. The molecule has 6 heterocycles. The normalized spacial score (nSPS) is 28.6. The van der Waals surface area contributed by atoms with Crippen LogP contribution in [0.2, 0.25) is 0 Å². The van der Waals surface area contributed by atoms with E-state index in [2.05, 4.69) is 29.9 Å². The summed E-state index contributed by atoms with van der Waals surface area (Å²) < 4.78 is 14.9. The molecular formula is C20H22N8O6S2. The monoisotopic (exact) mass is 534 g/mol. The summed E-state index contributed by atoms with van der Waals surface area (Å²) in [4.78, 5) is 26.5. The van der Waals surface area contributed by atoms with Crippen molar-refractivity contribution in [3.8, 4) is 0 Å². The van der Waals surface area contributed by atoms with Gasteiger partial charge in [-0.3, -0.25) is 9.13 Å². The maximum Gasteiger partial charge on any atom is 0.200 e. The second kappa shape index (κ2) is 9.79. The van der Waals surface area contributed by atoms with Crippen molar-refractivity contribution < 1.29 is 29.9 Å². The first-order chi connectivity index (χ1) is 17.5. The Labute approximate surface area is 211 Å². The lowest BCUT2D eigenvalue weighted by molar-refractivity contribution is -0.0432. The van der Waals surface area contributed by atoms with E-state index in [1.165, 1.54) is 21.6 Å². The van der Waals surface area contributed by atoms with Crippen LogP contribution in [0.5, 0.6) is 0 Å². The molecule has 0 spiro atoms. The third-order valence-corrected chi connectivity index (χ3v) is 8.09. The van der Waals surface area contributed by atoms with Gasteiger partial charge >= 0.3 is 0 Å². The predicted molar refractivity (Wildman–Crippen MR) is 126 cm³/mol. The van der Waals surface area contributed by atoms with Gasteiger partial charge in [0.1, 0.15) is 35.7 Å². The fraction of sp³-hybridized carbons (Fsp3) is 0.500. The zero-order valence-electron chi connectivity index (χ0n) is 18.6. The van der Waals surface area contributed by atoms with Gasteiger partial charge in [0, 0.05) is 12.8 Å². The van der Waals surface area contributed by atoms with Crippen molar-refractivity contribution in [3.05, 3.63) is 25.0 Å². The number of aliphatic hydroxyl groups excluding tert-OH is 4. The maximum absolute atomic E-state index is 10.1. The van der Waals surface area contributed by atoms with Gasteiger partial charge in [-0.2, -0.15) is 0 Å². The highest BCUT2D eigenvalue weighted by Gasteiger charge is 2.36. The molecule has 0 unspecified atom stereocenters. The van der Waals surface area contributed by atoms with E-state index in [0.717, 1.165) is 0 Å². The van der Waals surface area contributed by atoms with E-state index in [9.17, 15) is 20.4 Å². The Hall–Kier alpha value is -2.44. The molecule has 2 fully saturated rings. The predicted octanol–water partition coefficient (Wildman–Crippen LogP) is 0.0468. The van der Waals surface area contributed by atoms with Crippen molar-refractivity contribution >= 4 is 43.9 Å². The lowest BCUT2D eigenvalue weighted by Crippen LogP contribution is -2.24. The Balaban J connectivity index is 1.20. The van der Waals surface area contributed by atoms with Crippen LogP contribution in [0.1, 0.15) is 25.3 Å². The SMILES string of the molecule is OC[C@H]1O[C@@H](n2cnc3cnc(SSc4ncc5ncn([C@H]6C[C@H](O)[C@@H](CO)O6)c5n4)nc32)C[C@@H]1O. The summed E-state index contributed by atoms with van der Waals surface area (Å²) in [5.74, 6) is 0. The van der Waals surface area contributed by atoms with Crippen LogP contribution in [0.15, 0.2) is 35.4 Å².